The minimum Gasteiger partial charge on any atom is -0.478 e. The quantitative estimate of drug-likeness (QED) is 0.485. The van der Waals surface area contributed by atoms with Crippen LogP contribution in [0.3, 0.4) is 0 Å². The molecule has 0 amide bonds. The van der Waals surface area contributed by atoms with Gasteiger partial charge in [-0.05, 0) is 49.0 Å². The van der Waals surface area contributed by atoms with Gasteiger partial charge < -0.3 is 14.4 Å². The summed E-state index contributed by atoms with van der Waals surface area (Å²) in [5.41, 5.74) is -4.14. The third-order valence-corrected chi connectivity index (χ3v) is 4.63. The van der Waals surface area contributed by atoms with Crippen molar-refractivity contribution in [2.24, 2.45) is 7.05 Å². The second-order valence-electron chi connectivity index (χ2n) is 5.81. The van der Waals surface area contributed by atoms with Crippen molar-refractivity contribution in [2.45, 2.75) is 17.3 Å². The Bertz CT molecular complexity index is 1110. The Labute approximate surface area is 166 Å². The smallest absolute Gasteiger partial charge is 0.446 e. The Hall–Kier alpha value is -3.08. The number of carbonyl (C=O) groups is 2. The predicted octanol–water partition coefficient (Wildman–Crippen LogP) is 4.12. The van der Waals surface area contributed by atoms with Gasteiger partial charge in [-0.2, -0.15) is 13.2 Å². The van der Waals surface area contributed by atoms with Crippen molar-refractivity contribution in [3.63, 3.8) is 0 Å². The number of benzene rings is 1. The zero-order valence-corrected chi connectivity index (χ0v) is 16.0. The van der Waals surface area contributed by atoms with Crippen molar-refractivity contribution in [3.05, 3.63) is 41.6 Å². The number of halogens is 3. The number of rotatable bonds is 5. The van der Waals surface area contributed by atoms with Crippen molar-refractivity contribution < 1.29 is 32.6 Å². The van der Waals surface area contributed by atoms with E-state index in [-0.39, 0.29) is 51.6 Å². The van der Waals surface area contributed by atoms with Gasteiger partial charge in [-0.15, -0.1) is 0 Å². The number of alkyl halides is 3. The maximum atomic E-state index is 12.6. The summed E-state index contributed by atoms with van der Waals surface area (Å²) in [7, 11) is 1.57. The highest BCUT2D eigenvalue weighted by Gasteiger charge is 2.29. The number of thioether (sulfide) groups is 1. The molecule has 2 heterocycles. The number of carboxylic acid groups (broad SMARTS) is 1. The first-order valence-electron chi connectivity index (χ1n) is 8.24. The molecule has 29 heavy (non-hydrogen) atoms. The summed E-state index contributed by atoms with van der Waals surface area (Å²) in [5, 5.41) is 9.48. The molecule has 0 fully saturated rings. The van der Waals surface area contributed by atoms with Crippen LogP contribution < -0.4 is 0 Å². The molecular weight excluding hydrogens is 411 g/mol. The Balaban J connectivity index is 2.16. The second kappa shape index (κ2) is 7.74. The fourth-order valence-corrected chi connectivity index (χ4v) is 3.28. The number of carbonyl (C=O) groups excluding carboxylic acids is 1. The molecule has 1 aromatic carbocycles. The molecule has 7 nitrogen and oxygen atoms in total. The van der Waals surface area contributed by atoms with E-state index in [4.69, 9.17) is 4.74 Å². The van der Waals surface area contributed by atoms with Crippen LogP contribution in [0.1, 0.15) is 27.8 Å². The van der Waals surface area contributed by atoms with Crippen LogP contribution in [0.4, 0.5) is 13.2 Å². The minimum atomic E-state index is -4.45. The van der Waals surface area contributed by atoms with E-state index >= 15 is 0 Å². The van der Waals surface area contributed by atoms with Gasteiger partial charge in [0.15, 0.2) is 5.82 Å². The fourth-order valence-electron chi connectivity index (χ4n) is 2.71. The van der Waals surface area contributed by atoms with E-state index < -0.39 is 17.4 Å². The standard InChI is InChI=1S/C18H14F3N3O4S/c1-3-28-17(27)11-6-5-10(16(25)26)14(22-11)15-23-12-8-9(29-18(19,20)21)4-7-13(12)24(15)2/h4-8H,3H2,1-2H3,(H,25,26). The van der Waals surface area contributed by atoms with E-state index in [0.29, 0.717) is 5.52 Å². The Morgan fingerprint density at radius 2 is 1.93 bits per heavy atom. The summed E-state index contributed by atoms with van der Waals surface area (Å²) < 4.78 is 44.3. The molecule has 0 saturated carbocycles. The van der Waals surface area contributed by atoms with Crippen LogP contribution in [0.2, 0.25) is 0 Å². The first-order chi connectivity index (χ1) is 13.6. The van der Waals surface area contributed by atoms with Gasteiger partial charge in [0.2, 0.25) is 0 Å². The third-order valence-electron chi connectivity index (χ3n) is 3.91. The van der Waals surface area contributed by atoms with Gasteiger partial charge in [-0.1, -0.05) is 0 Å². The van der Waals surface area contributed by atoms with E-state index in [1.807, 2.05) is 0 Å². The molecule has 1 N–H and O–H groups in total. The number of esters is 1. The lowest BCUT2D eigenvalue weighted by Gasteiger charge is -2.08. The molecule has 0 aliphatic heterocycles. The fraction of sp³-hybridized carbons (Fsp3) is 0.222. The van der Waals surface area contributed by atoms with Crippen LogP contribution in [0, 0.1) is 0 Å². The van der Waals surface area contributed by atoms with Gasteiger partial charge in [-0.25, -0.2) is 19.6 Å². The number of hydrogen-bond acceptors (Lipinski definition) is 6. The highest BCUT2D eigenvalue weighted by molar-refractivity contribution is 8.00. The molecule has 0 atom stereocenters. The number of aromatic carboxylic acids is 1. The molecule has 11 heteroatoms. The van der Waals surface area contributed by atoms with E-state index in [2.05, 4.69) is 9.97 Å². The molecule has 152 valence electrons. The summed E-state index contributed by atoms with van der Waals surface area (Å²) in [6.07, 6.45) is 0. The topological polar surface area (TPSA) is 94.3 Å². The van der Waals surface area contributed by atoms with Gasteiger partial charge in [-0.3, -0.25) is 0 Å². The lowest BCUT2D eigenvalue weighted by Crippen LogP contribution is -2.11. The Morgan fingerprint density at radius 3 is 2.55 bits per heavy atom. The highest BCUT2D eigenvalue weighted by Crippen LogP contribution is 2.38. The van der Waals surface area contributed by atoms with Crippen LogP contribution in [-0.4, -0.2) is 43.7 Å². The van der Waals surface area contributed by atoms with E-state index in [0.717, 1.165) is 0 Å². The van der Waals surface area contributed by atoms with Crippen molar-refractivity contribution in [1.29, 1.82) is 0 Å². The zero-order chi connectivity index (χ0) is 21.3. The van der Waals surface area contributed by atoms with Crippen molar-refractivity contribution in [1.82, 2.24) is 14.5 Å². The molecule has 0 spiro atoms. The Kier molecular flexibility index (Phi) is 5.51. The molecule has 0 saturated heterocycles. The number of hydrogen-bond donors (Lipinski definition) is 1. The average Bonchev–Trinajstić information content (AvgIpc) is 2.96. The van der Waals surface area contributed by atoms with Gasteiger partial charge in [0.25, 0.3) is 0 Å². The number of nitrogens with zero attached hydrogens (tertiary/aromatic N) is 3. The summed E-state index contributed by atoms with van der Waals surface area (Å²) in [5.74, 6) is -1.92. The number of imidazole rings is 1. The summed E-state index contributed by atoms with van der Waals surface area (Å²) in [4.78, 5) is 31.9. The molecule has 0 unspecified atom stereocenters. The number of carboxylic acids is 1. The van der Waals surface area contributed by atoms with E-state index in [9.17, 15) is 27.9 Å². The lowest BCUT2D eigenvalue weighted by molar-refractivity contribution is -0.0328. The monoisotopic (exact) mass is 425 g/mol. The van der Waals surface area contributed by atoms with Crippen LogP contribution in [0.5, 0.6) is 0 Å². The number of fused-ring (bicyclic) bond motifs is 1. The van der Waals surface area contributed by atoms with Crippen molar-refractivity contribution in [3.8, 4) is 11.5 Å². The minimum absolute atomic E-state index is 0.0543. The molecule has 0 aliphatic rings. The zero-order valence-electron chi connectivity index (χ0n) is 15.1. The van der Waals surface area contributed by atoms with Gasteiger partial charge in [0, 0.05) is 11.9 Å². The predicted molar refractivity (Wildman–Crippen MR) is 98.8 cm³/mol. The van der Waals surface area contributed by atoms with Crippen LogP contribution >= 0.6 is 11.8 Å². The maximum Gasteiger partial charge on any atom is 0.446 e. The summed E-state index contributed by atoms with van der Waals surface area (Å²) in [6, 6.07) is 6.45. The Morgan fingerprint density at radius 1 is 1.21 bits per heavy atom. The average molecular weight is 425 g/mol. The SMILES string of the molecule is CCOC(=O)c1ccc(C(=O)O)c(-c2nc3cc(SC(F)(F)F)ccc3n2C)n1. The van der Waals surface area contributed by atoms with Gasteiger partial charge in [0.05, 0.1) is 23.2 Å². The first kappa shape index (κ1) is 20.6. The van der Waals surface area contributed by atoms with Gasteiger partial charge >= 0.3 is 17.4 Å². The van der Waals surface area contributed by atoms with Crippen LogP contribution in [-0.2, 0) is 11.8 Å². The molecule has 2 aromatic heterocycles. The van der Waals surface area contributed by atoms with Gasteiger partial charge in [0.1, 0.15) is 11.4 Å². The maximum absolute atomic E-state index is 12.6. The van der Waals surface area contributed by atoms with E-state index in [1.54, 1.807) is 14.0 Å². The largest absolute Gasteiger partial charge is 0.478 e. The number of pyridine rings is 1. The summed E-state index contributed by atoms with van der Waals surface area (Å²) >= 11 is -0.274. The normalized spacial score (nSPS) is 11.6. The molecule has 3 aromatic rings. The number of aromatic nitrogens is 3. The molecule has 0 aliphatic carbocycles. The van der Waals surface area contributed by atoms with Crippen molar-refractivity contribution in [2.75, 3.05) is 6.61 Å². The second-order valence-corrected chi connectivity index (χ2v) is 6.95. The molecule has 3 rings (SSSR count). The first-order valence-corrected chi connectivity index (χ1v) is 9.06. The number of ether oxygens (including phenoxy) is 1. The number of aryl methyl sites for hydroxylation is 1. The highest BCUT2D eigenvalue weighted by atomic mass is 32.2. The van der Waals surface area contributed by atoms with Crippen LogP contribution in [0.25, 0.3) is 22.6 Å². The van der Waals surface area contributed by atoms with E-state index in [1.165, 1.54) is 34.9 Å². The van der Waals surface area contributed by atoms with Crippen LogP contribution in [0.15, 0.2) is 35.2 Å². The molecular formula is C18H14F3N3O4S. The van der Waals surface area contributed by atoms with Crippen molar-refractivity contribution >= 4 is 34.7 Å². The summed E-state index contributed by atoms with van der Waals surface area (Å²) in [6.45, 7) is 1.73. The molecule has 0 bridgehead atoms. The lowest BCUT2D eigenvalue weighted by atomic mass is 10.1. The molecule has 0 radical (unpaired) electrons. The third kappa shape index (κ3) is 4.34.